The fourth-order valence-corrected chi connectivity index (χ4v) is 1.52. The average Bonchev–Trinajstić information content (AvgIpc) is 2.26. The van der Waals surface area contributed by atoms with E-state index in [4.69, 9.17) is 9.47 Å². The maximum Gasteiger partial charge on any atom is 0.410 e. The van der Waals surface area contributed by atoms with E-state index >= 15 is 0 Å². The second kappa shape index (κ2) is 6.75. The number of rotatable bonds is 4. The maximum absolute atomic E-state index is 11.7. The Kier molecular flexibility index (Phi) is 5.60. The second-order valence-corrected chi connectivity index (χ2v) is 5.86. The third-order valence-electron chi connectivity index (χ3n) is 2.07. The lowest BCUT2D eigenvalue weighted by Gasteiger charge is -2.24. The molecule has 0 aromatic carbocycles. The highest BCUT2D eigenvalue weighted by molar-refractivity contribution is 9.10. The van der Waals surface area contributed by atoms with Crippen LogP contribution in [0.15, 0.2) is 22.8 Å². The molecule has 0 N–H and O–H groups in total. The summed E-state index contributed by atoms with van der Waals surface area (Å²) in [5.74, 6) is 0.520. The van der Waals surface area contributed by atoms with Crippen molar-refractivity contribution in [1.82, 2.24) is 9.88 Å². The van der Waals surface area contributed by atoms with Crippen LogP contribution in [0, 0.1) is 0 Å². The van der Waals surface area contributed by atoms with Crippen molar-refractivity contribution < 1.29 is 14.3 Å². The highest BCUT2D eigenvalue weighted by Crippen LogP contribution is 2.12. The van der Waals surface area contributed by atoms with Crippen LogP contribution in [-0.4, -0.2) is 41.8 Å². The van der Waals surface area contributed by atoms with Crippen LogP contribution < -0.4 is 4.74 Å². The first kappa shape index (κ1) is 15.8. The number of halogens is 1. The predicted octanol–water partition coefficient (Wildman–Crippen LogP) is 3.09. The normalized spacial score (nSPS) is 11.0. The van der Waals surface area contributed by atoms with E-state index < -0.39 is 5.60 Å². The van der Waals surface area contributed by atoms with Gasteiger partial charge in [-0.05, 0) is 42.8 Å². The lowest BCUT2D eigenvalue weighted by molar-refractivity contribution is 0.0277. The minimum atomic E-state index is -0.488. The van der Waals surface area contributed by atoms with Gasteiger partial charge in [-0.1, -0.05) is 6.07 Å². The molecule has 106 valence electrons. The molecule has 0 aliphatic rings. The van der Waals surface area contributed by atoms with E-state index in [1.54, 1.807) is 13.1 Å². The van der Waals surface area contributed by atoms with Gasteiger partial charge in [-0.15, -0.1) is 0 Å². The zero-order valence-electron chi connectivity index (χ0n) is 11.6. The molecule has 0 saturated heterocycles. The van der Waals surface area contributed by atoms with Gasteiger partial charge < -0.3 is 14.4 Å². The van der Waals surface area contributed by atoms with Gasteiger partial charge in [-0.3, -0.25) is 0 Å². The highest BCUT2D eigenvalue weighted by atomic mass is 79.9. The summed E-state index contributed by atoms with van der Waals surface area (Å²) in [5.41, 5.74) is -0.488. The molecular weight excluding hydrogens is 312 g/mol. The highest BCUT2D eigenvalue weighted by Gasteiger charge is 2.19. The van der Waals surface area contributed by atoms with Crippen LogP contribution in [0.3, 0.4) is 0 Å². The molecular formula is C13H19BrN2O3. The average molecular weight is 331 g/mol. The number of hydrogen-bond donors (Lipinski definition) is 0. The molecule has 6 heteroatoms. The first-order valence-electron chi connectivity index (χ1n) is 5.97. The van der Waals surface area contributed by atoms with Gasteiger partial charge in [0.2, 0.25) is 5.88 Å². The molecule has 0 atom stereocenters. The summed E-state index contributed by atoms with van der Waals surface area (Å²) in [6, 6.07) is 5.42. The van der Waals surface area contributed by atoms with Gasteiger partial charge in [-0.2, -0.15) is 0 Å². The Hall–Kier alpha value is -1.30. The minimum absolute atomic E-state index is 0.360. The van der Waals surface area contributed by atoms with Crippen LogP contribution in [0.5, 0.6) is 5.88 Å². The first-order chi connectivity index (χ1) is 8.78. The van der Waals surface area contributed by atoms with E-state index in [9.17, 15) is 4.79 Å². The fourth-order valence-electron chi connectivity index (χ4n) is 1.19. The number of amides is 1. The quantitative estimate of drug-likeness (QED) is 0.796. The predicted molar refractivity (Wildman–Crippen MR) is 76.3 cm³/mol. The Morgan fingerprint density at radius 3 is 2.68 bits per heavy atom. The van der Waals surface area contributed by atoms with Crippen LogP contribution in [0.2, 0.25) is 0 Å². The summed E-state index contributed by atoms with van der Waals surface area (Å²) in [6.07, 6.45) is -0.363. The van der Waals surface area contributed by atoms with Crippen molar-refractivity contribution in [2.45, 2.75) is 26.4 Å². The number of hydrogen-bond acceptors (Lipinski definition) is 4. The van der Waals surface area contributed by atoms with Crippen molar-refractivity contribution in [2.75, 3.05) is 20.2 Å². The molecule has 0 radical (unpaired) electrons. The Labute approximate surface area is 122 Å². The van der Waals surface area contributed by atoms with Gasteiger partial charge in [0.05, 0.1) is 6.54 Å². The molecule has 1 rings (SSSR count). The van der Waals surface area contributed by atoms with Crippen molar-refractivity contribution in [2.24, 2.45) is 0 Å². The van der Waals surface area contributed by atoms with Crippen molar-refractivity contribution >= 4 is 22.0 Å². The van der Waals surface area contributed by atoms with Gasteiger partial charge >= 0.3 is 6.09 Å². The van der Waals surface area contributed by atoms with Crippen LogP contribution in [0.25, 0.3) is 0 Å². The fraction of sp³-hybridized carbons (Fsp3) is 0.538. The minimum Gasteiger partial charge on any atom is -0.476 e. The Bertz CT molecular complexity index is 432. The van der Waals surface area contributed by atoms with Crippen LogP contribution >= 0.6 is 15.9 Å². The first-order valence-corrected chi connectivity index (χ1v) is 6.77. The zero-order valence-corrected chi connectivity index (χ0v) is 13.2. The number of carbonyl (C=O) groups excluding carboxylic acids is 1. The van der Waals surface area contributed by atoms with Crippen molar-refractivity contribution in [3.63, 3.8) is 0 Å². The molecule has 0 spiro atoms. The van der Waals surface area contributed by atoms with Gasteiger partial charge in [0, 0.05) is 13.1 Å². The molecule has 0 bridgehead atoms. The molecule has 1 heterocycles. The number of ether oxygens (including phenoxy) is 2. The van der Waals surface area contributed by atoms with E-state index in [0.717, 1.165) is 0 Å². The van der Waals surface area contributed by atoms with Gasteiger partial charge in [-0.25, -0.2) is 9.78 Å². The Morgan fingerprint density at radius 2 is 2.11 bits per heavy atom. The Morgan fingerprint density at radius 1 is 1.42 bits per heavy atom. The van der Waals surface area contributed by atoms with E-state index in [1.807, 2.05) is 32.9 Å². The second-order valence-electron chi connectivity index (χ2n) is 5.05. The zero-order chi connectivity index (χ0) is 14.5. The smallest absolute Gasteiger partial charge is 0.410 e. The number of aromatic nitrogens is 1. The molecule has 0 aliphatic heterocycles. The van der Waals surface area contributed by atoms with Crippen molar-refractivity contribution in [3.8, 4) is 5.88 Å². The third-order valence-corrected chi connectivity index (χ3v) is 2.51. The lowest BCUT2D eigenvalue weighted by atomic mass is 10.2. The number of pyridine rings is 1. The summed E-state index contributed by atoms with van der Waals surface area (Å²) in [7, 11) is 1.67. The molecule has 0 fully saturated rings. The van der Waals surface area contributed by atoms with Crippen LogP contribution in [0.4, 0.5) is 4.79 Å². The Balaban J connectivity index is 2.34. The summed E-state index contributed by atoms with van der Waals surface area (Å²) in [6.45, 7) is 6.30. The van der Waals surface area contributed by atoms with Gasteiger partial charge in [0.15, 0.2) is 0 Å². The molecule has 0 unspecified atom stereocenters. The summed E-state index contributed by atoms with van der Waals surface area (Å²) in [4.78, 5) is 17.3. The summed E-state index contributed by atoms with van der Waals surface area (Å²) in [5, 5.41) is 0. The lowest BCUT2D eigenvalue weighted by Crippen LogP contribution is -2.36. The molecule has 1 amide bonds. The third kappa shape index (κ3) is 6.42. The molecule has 1 aromatic heterocycles. The molecule has 0 aliphatic carbocycles. The van der Waals surface area contributed by atoms with Crippen molar-refractivity contribution in [3.05, 3.63) is 22.8 Å². The van der Waals surface area contributed by atoms with E-state index in [2.05, 4.69) is 20.9 Å². The molecule has 0 saturated carbocycles. The van der Waals surface area contributed by atoms with E-state index in [1.165, 1.54) is 4.90 Å². The van der Waals surface area contributed by atoms with Crippen LogP contribution in [0.1, 0.15) is 20.8 Å². The molecule has 5 nitrogen and oxygen atoms in total. The SMILES string of the molecule is CN(CCOc1cccc(Br)n1)C(=O)OC(C)(C)C. The topological polar surface area (TPSA) is 51.7 Å². The monoisotopic (exact) mass is 330 g/mol. The molecule has 1 aromatic rings. The number of nitrogens with zero attached hydrogens (tertiary/aromatic N) is 2. The molecule has 19 heavy (non-hydrogen) atoms. The van der Waals surface area contributed by atoms with Gasteiger partial charge in [0.1, 0.15) is 16.8 Å². The van der Waals surface area contributed by atoms with E-state index in [0.29, 0.717) is 23.6 Å². The van der Waals surface area contributed by atoms with E-state index in [-0.39, 0.29) is 6.09 Å². The number of carbonyl (C=O) groups is 1. The van der Waals surface area contributed by atoms with Crippen LogP contribution in [-0.2, 0) is 4.74 Å². The summed E-state index contributed by atoms with van der Waals surface area (Å²) < 4.78 is 11.4. The van der Waals surface area contributed by atoms with Gasteiger partial charge in [0.25, 0.3) is 0 Å². The largest absolute Gasteiger partial charge is 0.476 e. The number of likely N-dealkylation sites (N-methyl/N-ethyl adjacent to an activating group) is 1. The van der Waals surface area contributed by atoms with Crippen molar-refractivity contribution in [1.29, 1.82) is 0 Å². The summed E-state index contributed by atoms with van der Waals surface area (Å²) >= 11 is 3.26. The standard InChI is InChI=1S/C13H19BrN2O3/c1-13(2,3)19-12(17)16(4)8-9-18-11-7-5-6-10(14)15-11/h5-7H,8-9H2,1-4H3. The maximum atomic E-state index is 11.7.